The van der Waals surface area contributed by atoms with Gasteiger partial charge in [-0.25, -0.2) is 9.97 Å². The standard InChI is InChI=1S/C15H20N4O/c1-11-5-6-13(20-11)10-18-14-4-3-7-17-15(14)19-9-8-16-12(19)2/h3-4,7-9,11,13,18H,5-6,10H2,1-2H3. The fraction of sp³-hybridized carbons (Fsp3) is 0.467. The van der Waals surface area contributed by atoms with Gasteiger partial charge in [-0.1, -0.05) is 0 Å². The maximum atomic E-state index is 5.84. The second-order valence-corrected chi connectivity index (χ2v) is 5.25. The molecule has 1 aliphatic heterocycles. The molecule has 2 aromatic rings. The third kappa shape index (κ3) is 2.67. The van der Waals surface area contributed by atoms with Crippen LogP contribution < -0.4 is 5.32 Å². The lowest BCUT2D eigenvalue weighted by molar-refractivity contribution is 0.0637. The van der Waals surface area contributed by atoms with E-state index in [2.05, 4.69) is 22.2 Å². The molecule has 0 bridgehead atoms. The normalized spacial score (nSPS) is 22.1. The highest BCUT2D eigenvalue weighted by Gasteiger charge is 2.21. The van der Waals surface area contributed by atoms with E-state index in [0.29, 0.717) is 12.2 Å². The summed E-state index contributed by atoms with van der Waals surface area (Å²) in [5, 5.41) is 3.46. The average molecular weight is 272 g/mol. The number of aromatic nitrogens is 3. The molecule has 0 amide bonds. The van der Waals surface area contributed by atoms with E-state index >= 15 is 0 Å². The van der Waals surface area contributed by atoms with Crippen molar-refractivity contribution in [2.24, 2.45) is 0 Å². The van der Waals surface area contributed by atoms with Gasteiger partial charge >= 0.3 is 0 Å². The van der Waals surface area contributed by atoms with Crippen LogP contribution in [0, 0.1) is 6.92 Å². The molecule has 0 aromatic carbocycles. The van der Waals surface area contributed by atoms with Gasteiger partial charge in [0.15, 0.2) is 5.82 Å². The Morgan fingerprint density at radius 3 is 2.95 bits per heavy atom. The van der Waals surface area contributed by atoms with Crippen molar-refractivity contribution in [3.63, 3.8) is 0 Å². The molecule has 1 saturated heterocycles. The van der Waals surface area contributed by atoms with Crippen LogP contribution in [0.4, 0.5) is 5.69 Å². The van der Waals surface area contributed by atoms with Crippen LogP contribution in [0.25, 0.3) is 5.82 Å². The zero-order chi connectivity index (χ0) is 13.9. The molecule has 3 rings (SSSR count). The van der Waals surface area contributed by atoms with Crippen molar-refractivity contribution in [2.45, 2.75) is 38.9 Å². The lowest BCUT2D eigenvalue weighted by Crippen LogP contribution is -2.20. The first-order valence-electron chi connectivity index (χ1n) is 7.08. The lowest BCUT2D eigenvalue weighted by Gasteiger charge is -2.16. The number of rotatable bonds is 4. The maximum Gasteiger partial charge on any atom is 0.161 e. The van der Waals surface area contributed by atoms with Crippen molar-refractivity contribution in [3.05, 3.63) is 36.5 Å². The zero-order valence-corrected chi connectivity index (χ0v) is 11.9. The van der Waals surface area contributed by atoms with Crippen LogP contribution in [0.5, 0.6) is 0 Å². The molecule has 20 heavy (non-hydrogen) atoms. The van der Waals surface area contributed by atoms with Gasteiger partial charge in [0.1, 0.15) is 5.82 Å². The fourth-order valence-corrected chi connectivity index (χ4v) is 2.59. The maximum absolute atomic E-state index is 5.84. The van der Waals surface area contributed by atoms with Gasteiger partial charge in [0.25, 0.3) is 0 Å². The molecule has 106 valence electrons. The second kappa shape index (κ2) is 5.63. The topological polar surface area (TPSA) is 52.0 Å². The van der Waals surface area contributed by atoms with Crippen LogP contribution >= 0.6 is 0 Å². The minimum absolute atomic E-state index is 0.293. The number of pyridine rings is 1. The first kappa shape index (κ1) is 13.1. The molecule has 2 atom stereocenters. The Bertz CT molecular complexity index is 581. The third-order valence-corrected chi connectivity index (χ3v) is 3.68. The second-order valence-electron chi connectivity index (χ2n) is 5.25. The molecule has 5 nitrogen and oxygen atoms in total. The predicted octanol–water partition coefficient (Wildman–Crippen LogP) is 2.56. The van der Waals surface area contributed by atoms with Gasteiger partial charge in [0.05, 0.1) is 17.9 Å². The molecular weight excluding hydrogens is 252 g/mol. The van der Waals surface area contributed by atoms with Crippen LogP contribution in [0.1, 0.15) is 25.6 Å². The highest BCUT2D eigenvalue weighted by atomic mass is 16.5. The van der Waals surface area contributed by atoms with E-state index in [1.165, 1.54) is 0 Å². The summed E-state index contributed by atoms with van der Waals surface area (Å²) in [4.78, 5) is 8.71. The quantitative estimate of drug-likeness (QED) is 0.929. The van der Waals surface area contributed by atoms with Gasteiger partial charge in [-0.2, -0.15) is 0 Å². The summed E-state index contributed by atoms with van der Waals surface area (Å²) in [7, 11) is 0. The van der Waals surface area contributed by atoms with Crippen molar-refractivity contribution in [3.8, 4) is 5.82 Å². The van der Waals surface area contributed by atoms with Crippen molar-refractivity contribution < 1.29 is 4.74 Å². The van der Waals surface area contributed by atoms with Gasteiger partial charge in [0, 0.05) is 25.1 Å². The number of hydrogen-bond acceptors (Lipinski definition) is 4. The summed E-state index contributed by atoms with van der Waals surface area (Å²) < 4.78 is 7.82. The Kier molecular flexibility index (Phi) is 3.69. The number of nitrogens with one attached hydrogen (secondary N) is 1. The van der Waals surface area contributed by atoms with E-state index in [-0.39, 0.29) is 0 Å². The molecule has 5 heteroatoms. The number of anilines is 1. The predicted molar refractivity (Wildman–Crippen MR) is 78.2 cm³/mol. The molecular formula is C15H20N4O. The number of ether oxygens (including phenoxy) is 1. The summed E-state index contributed by atoms with van der Waals surface area (Å²) in [6.45, 7) is 4.92. The molecule has 2 unspecified atom stereocenters. The van der Waals surface area contributed by atoms with E-state index in [9.17, 15) is 0 Å². The summed E-state index contributed by atoms with van der Waals surface area (Å²) in [6, 6.07) is 3.98. The number of hydrogen-bond donors (Lipinski definition) is 1. The molecule has 0 radical (unpaired) electrons. The fourth-order valence-electron chi connectivity index (χ4n) is 2.59. The molecule has 0 aliphatic carbocycles. The first-order chi connectivity index (χ1) is 9.74. The Balaban J connectivity index is 1.75. The monoisotopic (exact) mass is 272 g/mol. The lowest BCUT2D eigenvalue weighted by atomic mass is 10.2. The summed E-state index contributed by atoms with van der Waals surface area (Å²) >= 11 is 0. The van der Waals surface area contributed by atoms with Gasteiger partial charge in [0.2, 0.25) is 0 Å². The van der Waals surface area contributed by atoms with Gasteiger partial charge in [-0.05, 0) is 38.8 Å². The third-order valence-electron chi connectivity index (χ3n) is 3.68. The van der Waals surface area contributed by atoms with Gasteiger partial charge in [-0.3, -0.25) is 4.57 Å². The van der Waals surface area contributed by atoms with Crippen molar-refractivity contribution in [1.29, 1.82) is 0 Å². The van der Waals surface area contributed by atoms with Crippen LogP contribution in [0.15, 0.2) is 30.7 Å². The molecule has 2 aromatic heterocycles. The van der Waals surface area contributed by atoms with Crippen LogP contribution in [0.2, 0.25) is 0 Å². The van der Waals surface area contributed by atoms with Crippen LogP contribution in [-0.2, 0) is 4.74 Å². The summed E-state index contributed by atoms with van der Waals surface area (Å²) in [6.07, 6.45) is 8.45. The van der Waals surface area contributed by atoms with Gasteiger partial charge < -0.3 is 10.1 Å². The van der Waals surface area contributed by atoms with E-state index in [1.807, 2.05) is 29.8 Å². The van der Waals surface area contributed by atoms with Crippen molar-refractivity contribution >= 4 is 5.69 Å². The Hall–Kier alpha value is -1.88. The largest absolute Gasteiger partial charge is 0.379 e. The summed E-state index contributed by atoms with van der Waals surface area (Å²) in [5.74, 6) is 1.81. The number of imidazole rings is 1. The minimum Gasteiger partial charge on any atom is -0.379 e. The minimum atomic E-state index is 0.293. The zero-order valence-electron chi connectivity index (χ0n) is 11.9. The SMILES string of the molecule is Cc1nccn1-c1ncccc1NCC1CCC(C)O1. The average Bonchev–Trinajstić information content (AvgIpc) is 3.05. The summed E-state index contributed by atoms with van der Waals surface area (Å²) in [5.41, 5.74) is 1.01. The molecule has 1 N–H and O–H groups in total. The molecule has 1 fully saturated rings. The van der Waals surface area contributed by atoms with Gasteiger partial charge in [-0.15, -0.1) is 0 Å². The Morgan fingerprint density at radius 1 is 1.35 bits per heavy atom. The molecule has 0 spiro atoms. The van der Waals surface area contributed by atoms with Crippen LogP contribution in [-0.4, -0.2) is 33.3 Å². The van der Waals surface area contributed by atoms with E-state index in [4.69, 9.17) is 4.74 Å². The number of nitrogens with zero attached hydrogens (tertiary/aromatic N) is 3. The molecule has 1 aliphatic rings. The van der Waals surface area contributed by atoms with Crippen molar-refractivity contribution in [1.82, 2.24) is 14.5 Å². The molecule has 0 saturated carbocycles. The first-order valence-corrected chi connectivity index (χ1v) is 7.08. The van der Waals surface area contributed by atoms with Crippen LogP contribution in [0.3, 0.4) is 0 Å². The van der Waals surface area contributed by atoms with E-state index in [1.54, 1.807) is 12.4 Å². The van der Waals surface area contributed by atoms with E-state index < -0.39 is 0 Å². The Morgan fingerprint density at radius 2 is 2.25 bits per heavy atom. The van der Waals surface area contributed by atoms with E-state index in [0.717, 1.165) is 36.7 Å². The highest BCUT2D eigenvalue weighted by Crippen LogP contribution is 2.22. The highest BCUT2D eigenvalue weighted by molar-refractivity contribution is 5.57. The Labute approximate surface area is 119 Å². The van der Waals surface area contributed by atoms with Crippen molar-refractivity contribution in [2.75, 3.05) is 11.9 Å². The molecule has 3 heterocycles. The smallest absolute Gasteiger partial charge is 0.161 e. The number of aryl methyl sites for hydroxylation is 1.